The molecule has 0 atom stereocenters. The number of hydrogen-bond donors (Lipinski definition) is 1. The van der Waals surface area contributed by atoms with E-state index in [-0.39, 0.29) is 18.4 Å². The molecule has 0 amide bonds. The number of fused-ring (bicyclic) bond motifs is 3. The summed E-state index contributed by atoms with van der Waals surface area (Å²) in [7, 11) is 0. The van der Waals surface area contributed by atoms with E-state index in [1.165, 1.54) is 23.6 Å². The average Bonchev–Trinajstić information content (AvgIpc) is 3.64. The van der Waals surface area contributed by atoms with Gasteiger partial charge in [0.25, 0.3) is 0 Å². The van der Waals surface area contributed by atoms with Crippen molar-refractivity contribution in [1.82, 2.24) is 14.8 Å². The van der Waals surface area contributed by atoms with Crippen LogP contribution in [0.25, 0.3) is 22.0 Å². The Hall–Kier alpha value is -3.65. The molecule has 210 valence electrons. The van der Waals surface area contributed by atoms with Crippen molar-refractivity contribution in [2.45, 2.75) is 71.9 Å². The van der Waals surface area contributed by atoms with Crippen LogP contribution in [0.4, 0.5) is 4.39 Å². The van der Waals surface area contributed by atoms with Crippen molar-refractivity contribution >= 4 is 16.9 Å². The van der Waals surface area contributed by atoms with Crippen LogP contribution < -0.4 is 4.74 Å². The molecule has 0 unspecified atom stereocenters. The molecule has 3 heterocycles. The van der Waals surface area contributed by atoms with Crippen LogP contribution in [0.2, 0.25) is 0 Å². The summed E-state index contributed by atoms with van der Waals surface area (Å²) in [5, 5.41) is 8.32. The highest BCUT2D eigenvalue weighted by Gasteiger charge is 2.29. The lowest BCUT2D eigenvalue weighted by Gasteiger charge is -2.14. The topological polar surface area (TPSA) is 78.4 Å². The molecule has 0 spiro atoms. The van der Waals surface area contributed by atoms with Gasteiger partial charge in [0, 0.05) is 35.4 Å². The first kappa shape index (κ1) is 26.6. The minimum absolute atomic E-state index is 0.266. The molecule has 1 N–H and O–H groups in total. The monoisotopic (exact) mass is 545 g/mol. The number of esters is 1. The zero-order valence-electron chi connectivity index (χ0n) is 23.3. The van der Waals surface area contributed by atoms with Gasteiger partial charge in [-0.25, -0.2) is 9.18 Å². The summed E-state index contributed by atoms with van der Waals surface area (Å²) in [6.07, 6.45) is 6.26. The van der Waals surface area contributed by atoms with Crippen LogP contribution in [0.1, 0.15) is 71.2 Å². The van der Waals surface area contributed by atoms with Crippen molar-refractivity contribution in [3.63, 3.8) is 0 Å². The maximum atomic E-state index is 15.8. The summed E-state index contributed by atoms with van der Waals surface area (Å²) >= 11 is 0. The van der Waals surface area contributed by atoms with Gasteiger partial charge in [0.15, 0.2) is 0 Å². The summed E-state index contributed by atoms with van der Waals surface area (Å²) in [4.78, 5) is 13.5. The number of rotatable bonds is 7. The zero-order chi connectivity index (χ0) is 27.6. The number of ether oxygens (including phenoxy) is 3. The lowest BCUT2D eigenvalue weighted by Crippen LogP contribution is -2.15. The van der Waals surface area contributed by atoms with Crippen molar-refractivity contribution < 1.29 is 23.4 Å². The van der Waals surface area contributed by atoms with E-state index in [1.807, 2.05) is 24.5 Å². The van der Waals surface area contributed by atoms with E-state index in [9.17, 15) is 4.79 Å². The molecular weight excluding hydrogens is 509 g/mol. The summed E-state index contributed by atoms with van der Waals surface area (Å²) in [5.41, 5.74) is 7.40. The number of aryl methyl sites for hydroxylation is 4. The summed E-state index contributed by atoms with van der Waals surface area (Å²) < 4.78 is 35.4. The molecule has 6 rings (SSSR count). The molecule has 2 aromatic carbocycles. The van der Waals surface area contributed by atoms with Crippen LogP contribution in [-0.4, -0.2) is 40.6 Å². The first-order valence-corrected chi connectivity index (χ1v) is 14.4. The molecular formula is C32H36FN3O4. The minimum Gasteiger partial charge on any atom is -0.493 e. The van der Waals surface area contributed by atoms with Gasteiger partial charge in [0.05, 0.1) is 31.0 Å². The second-order valence-corrected chi connectivity index (χ2v) is 10.6. The van der Waals surface area contributed by atoms with Gasteiger partial charge in [0.2, 0.25) is 0 Å². The van der Waals surface area contributed by atoms with Gasteiger partial charge in [-0.15, -0.1) is 0 Å². The van der Waals surface area contributed by atoms with E-state index in [2.05, 4.69) is 22.3 Å². The Bertz CT molecular complexity index is 1550. The molecule has 0 saturated carbocycles. The number of benzene rings is 2. The van der Waals surface area contributed by atoms with E-state index in [0.717, 1.165) is 48.1 Å². The van der Waals surface area contributed by atoms with E-state index in [1.54, 1.807) is 6.07 Å². The molecule has 8 heteroatoms. The molecule has 0 radical (unpaired) electrons. The molecule has 0 saturated heterocycles. The first-order chi connectivity index (χ1) is 19.6. The lowest BCUT2D eigenvalue weighted by atomic mass is 9.97. The fourth-order valence-electron chi connectivity index (χ4n) is 6.35. The molecule has 7 nitrogen and oxygen atoms in total. The predicted molar refractivity (Wildman–Crippen MR) is 151 cm³/mol. The fraction of sp³-hybridized carbons (Fsp3) is 0.438. The zero-order valence-corrected chi connectivity index (χ0v) is 23.3. The number of carbonyl (C=O) groups is 1. The molecule has 0 bridgehead atoms. The Labute approximate surface area is 233 Å². The highest BCUT2D eigenvalue weighted by Crippen LogP contribution is 2.40. The van der Waals surface area contributed by atoms with E-state index in [4.69, 9.17) is 14.2 Å². The number of aromatic nitrogens is 3. The standard InChI is InChI=1S/C32H36FN3O4/c1-3-39-32(37)31-23(12-8-18-40-27-13-7-10-21-9-6-11-22(21)27)24-14-15-25(33)29-28-20(2)34-35-26(28)19-38-17-5-4-16-36(31)30(24)29/h7,10,13-15H,3-6,8-9,11-12,16-19H2,1-2H3,(H,34,35). The maximum absolute atomic E-state index is 15.8. The Balaban J connectivity index is 1.43. The Morgan fingerprint density at radius 3 is 2.92 bits per heavy atom. The van der Waals surface area contributed by atoms with E-state index in [0.29, 0.717) is 67.2 Å². The summed E-state index contributed by atoms with van der Waals surface area (Å²) in [5.74, 6) is 0.239. The van der Waals surface area contributed by atoms with Crippen molar-refractivity contribution in [1.29, 1.82) is 0 Å². The number of nitrogens with one attached hydrogen (secondary N) is 1. The fourth-order valence-corrected chi connectivity index (χ4v) is 6.35. The Morgan fingerprint density at radius 2 is 2.05 bits per heavy atom. The molecule has 4 aromatic rings. The predicted octanol–water partition coefficient (Wildman–Crippen LogP) is 6.47. The van der Waals surface area contributed by atoms with Gasteiger partial charge in [0.1, 0.15) is 17.3 Å². The van der Waals surface area contributed by atoms with Gasteiger partial charge in [-0.05, 0) is 93.7 Å². The quantitative estimate of drug-likeness (QED) is 0.213. The highest BCUT2D eigenvalue weighted by molar-refractivity contribution is 6.05. The highest BCUT2D eigenvalue weighted by atomic mass is 19.1. The van der Waals surface area contributed by atoms with Gasteiger partial charge in [-0.1, -0.05) is 12.1 Å². The summed E-state index contributed by atoms with van der Waals surface area (Å²) in [6.45, 7) is 5.92. The van der Waals surface area contributed by atoms with Crippen LogP contribution in [0, 0.1) is 12.7 Å². The van der Waals surface area contributed by atoms with Gasteiger partial charge in [-0.2, -0.15) is 5.10 Å². The third-order valence-electron chi connectivity index (χ3n) is 8.11. The van der Waals surface area contributed by atoms with Crippen LogP contribution in [0.5, 0.6) is 5.75 Å². The average molecular weight is 546 g/mol. The number of H-pyrrole nitrogens is 1. The van der Waals surface area contributed by atoms with E-state index >= 15 is 4.39 Å². The SMILES string of the molecule is CCOC(=O)c1c(CCCOc2cccc3c2CCC3)c2ccc(F)c3c2n1CCCCOCc1n[nH]c(C)c1-3. The number of halogens is 1. The minimum atomic E-state index is -0.378. The lowest BCUT2D eigenvalue weighted by molar-refractivity contribution is 0.0512. The smallest absolute Gasteiger partial charge is 0.355 e. The largest absolute Gasteiger partial charge is 0.493 e. The van der Waals surface area contributed by atoms with Crippen molar-refractivity contribution in [2.75, 3.05) is 19.8 Å². The maximum Gasteiger partial charge on any atom is 0.355 e. The van der Waals surface area contributed by atoms with Crippen LogP contribution >= 0.6 is 0 Å². The molecule has 40 heavy (non-hydrogen) atoms. The van der Waals surface area contributed by atoms with Crippen LogP contribution in [0.15, 0.2) is 30.3 Å². The number of aromatic amines is 1. The van der Waals surface area contributed by atoms with Crippen molar-refractivity contribution in [3.05, 3.63) is 69.9 Å². The number of nitrogens with zero attached hydrogens (tertiary/aromatic N) is 2. The number of carbonyl (C=O) groups excluding carboxylic acids is 1. The van der Waals surface area contributed by atoms with Gasteiger partial charge in [-0.3, -0.25) is 5.10 Å². The first-order valence-electron chi connectivity index (χ1n) is 14.4. The molecule has 0 fully saturated rings. The second-order valence-electron chi connectivity index (χ2n) is 10.6. The third-order valence-corrected chi connectivity index (χ3v) is 8.11. The van der Waals surface area contributed by atoms with Gasteiger partial charge < -0.3 is 18.8 Å². The summed E-state index contributed by atoms with van der Waals surface area (Å²) in [6, 6.07) is 9.60. The van der Waals surface area contributed by atoms with Crippen molar-refractivity contribution in [3.8, 4) is 16.9 Å². The number of hydrogen-bond acceptors (Lipinski definition) is 5. The van der Waals surface area contributed by atoms with Crippen LogP contribution in [0.3, 0.4) is 0 Å². The normalized spacial score (nSPS) is 15.0. The second kappa shape index (κ2) is 11.5. The van der Waals surface area contributed by atoms with Gasteiger partial charge >= 0.3 is 5.97 Å². The Morgan fingerprint density at radius 1 is 1.15 bits per heavy atom. The molecule has 1 aliphatic carbocycles. The Kier molecular flexibility index (Phi) is 7.61. The van der Waals surface area contributed by atoms with Crippen LogP contribution in [-0.2, 0) is 41.9 Å². The molecule has 2 aliphatic rings. The third kappa shape index (κ3) is 4.79. The molecule has 2 aromatic heterocycles. The van der Waals surface area contributed by atoms with E-state index < -0.39 is 0 Å². The van der Waals surface area contributed by atoms with Crippen molar-refractivity contribution in [2.24, 2.45) is 0 Å². The molecule has 1 aliphatic heterocycles.